The number of benzene rings is 1. The van der Waals surface area contributed by atoms with Gasteiger partial charge in [-0.3, -0.25) is 9.78 Å². The minimum Gasteiger partial charge on any atom is -0.349 e. The standard InChI is InChI=1S/C23H28N6O/c1-2-18-7-6-8-20(17-18)29-22(19-9-11-24-12-10-19)21(26-27-29)23(30)25-13-16-28-14-4-3-5-15-28/h6-12,17H,2-5,13-16H2,1H3,(H,25,30). The van der Waals surface area contributed by atoms with Crippen LogP contribution in [-0.2, 0) is 6.42 Å². The molecule has 0 atom stereocenters. The molecular weight excluding hydrogens is 376 g/mol. The van der Waals surface area contributed by atoms with Crippen molar-refractivity contribution in [2.75, 3.05) is 26.2 Å². The quantitative estimate of drug-likeness (QED) is 0.655. The van der Waals surface area contributed by atoms with Crippen LogP contribution in [0.2, 0.25) is 0 Å². The third-order valence-electron chi connectivity index (χ3n) is 5.56. The number of aromatic nitrogens is 4. The van der Waals surface area contributed by atoms with Gasteiger partial charge in [0, 0.05) is 31.0 Å². The molecule has 156 valence electrons. The highest BCUT2D eigenvalue weighted by Crippen LogP contribution is 2.25. The minimum absolute atomic E-state index is 0.197. The van der Waals surface area contributed by atoms with Crippen molar-refractivity contribution in [3.8, 4) is 16.9 Å². The Morgan fingerprint density at radius 3 is 2.67 bits per heavy atom. The van der Waals surface area contributed by atoms with Crippen LogP contribution in [0, 0.1) is 0 Å². The van der Waals surface area contributed by atoms with E-state index in [0.29, 0.717) is 17.9 Å². The van der Waals surface area contributed by atoms with Crippen LogP contribution in [0.3, 0.4) is 0 Å². The third-order valence-corrected chi connectivity index (χ3v) is 5.56. The van der Waals surface area contributed by atoms with E-state index < -0.39 is 0 Å². The number of carbonyl (C=O) groups excluding carboxylic acids is 1. The molecule has 0 radical (unpaired) electrons. The zero-order chi connectivity index (χ0) is 20.8. The lowest BCUT2D eigenvalue weighted by Gasteiger charge is -2.26. The first-order chi connectivity index (χ1) is 14.8. The van der Waals surface area contributed by atoms with Gasteiger partial charge in [0.15, 0.2) is 5.69 Å². The smallest absolute Gasteiger partial charge is 0.274 e. The number of carbonyl (C=O) groups is 1. The van der Waals surface area contributed by atoms with Crippen LogP contribution in [0.15, 0.2) is 48.8 Å². The van der Waals surface area contributed by atoms with E-state index in [1.807, 2.05) is 24.3 Å². The van der Waals surface area contributed by atoms with Crippen molar-refractivity contribution in [1.82, 2.24) is 30.2 Å². The molecule has 4 rings (SSSR count). The maximum atomic E-state index is 13.0. The molecule has 0 saturated carbocycles. The van der Waals surface area contributed by atoms with Gasteiger partial charge in [-0.2, -0.15) is 0 Å². The van der Waals surface area contributed by atoms with Crippen molar-refractivity contribution < 1.29 is 4.79 Å². The first-order valence-electron chi connectivity index (χ1n) is 10.7. The molecule has 30 heavy (non-hydrogen) atoms. The monoisotopic (exact) mass is 404 g/mol. The fourth-order valence-electron chi connectivity index (χ4n) is 3.89. The maximum Gasteiger partial charge on any atom is 0.274 e. The van der Waals surface area contributed by atoms with Crippen molar-refractivity contribution in [1.29, 1.82) is 0 Å². The molecule has 0 spiro atoms. The topological polar surface area (TPSA) is 75.9 Å². The van der Waals surface area contributed by atoms with E-state index in [2.05, 4.69) is 44.6 Å². The summed E-state index contributed by atoms with van der Waals surface area (Å²) in [5.41, 5.74) is 3.97. The Hall–Kier alpha value is -3.06. The Morgan fingerprint density at radius 1 is 1.10 bits per heavy atom. The van der Waals surface area contributed by atoms with Gasteiger partial charge in [-0.15, -0.1) is 5.10 Å². The maximum absolute atomic E-state index is 13.0. The van der Waals surface area contributed by atoms with Gasteiger partial charge in [0.2, 0.25) is 0 Å². The van der Waals surface area contributed by atoms with E-state index in [1.54, 1.807) is 17.1 Å². The number of pyridine rings is 1. The summed E-state index contributed by atoms with van der Waals surface area (Å²) in [6.07, 6.45) is 8.15. The number of nitrogens with one attached hydrogen (secondary N) is 1. The lowest BCUT2D eigenvalue weighted by atomic mass is 10.1. The molecule has 0 aliphatic carbocycles. The van der Waals surface area contributed by atoms with Gasteiger partial charge >= 0.3 is 0 Å². The van der Waals surface area contributed by atoms with Crippen LogP contribution in [-0.4, -0.2) is 57.0 Å². The van der Waals surface area contributed by atoms with Crippen LogP contribution in [0.25, 0.3) is 16.9 Å². The molecule has 1 saturated heterocycles. The van der Waals surface area contributed by atoms with Gasteiger partial charge in [0.1, 0.15) is 5.69 Å². The molecule has 1 fully saturated rings. The predicted molar refractivity (Wildman–Crippen MR) is 117 cm³/mol. The SMILES string of the molecule is CCc1cccc(-n2nnc(C(=O)NCCN3CCCCC3)c2-c2ccncc2)c1. The van der Waals surface area contributed by atoms with Gasteiger partial charge in [0.25, 0.3) is 5.91 Å². The summed E-state index contributed by atoms with van der Waals surface area (Å²) in [5, 5.41) is 11.6. The number of nitrogens with zero attached hydrogens (tertiary/aromatic N) is 5. The van der Waals surface area contributed by atoms with Crippen molar-refractivity contribution in [2.24, 2.45) is 0 Å². The second-order valence-electron chi connectivity index (χ2n) is 7.62. The zero-order valence-electron chi connectivity index (χ0n) is 17.4. The highest BCUT2D eigenvalue weighted by Gasteiger charge is 2.22. The van der Waals surface area contributed by atoms with Crippen molar-refractivity contribution >= 4 is 5.91 Å². The minimum atomic E-state index is -0.197. The van der Waals surface area contributed by atoms with E-state index in [4.69, 9.17) is 0 Å². The summed E-state index contributed by atoms with van der Waals surface area (Å²) < 4.78 is 1.74. The van der Waals surface area contributed by atoms with E-state index >= 15 is 0 Å². The Kier molecular flexibility index (Phi) is 6.49. The highest BCUT2D eigenvalue weighted by molar-refractivity contribution is 5.98. The molecule has 1 N–H and O–H groups in total. The first-order valence-corrected chi connectivity index (χ1v) is 10.7. The lowest BCUT2D eigenvalue weighted by Crippen LogP contribution is -2.37. The van der Waals surface area contributed by atoms with Crippen molar-refractivity contribution in [2.45, 2.75) is 32.6 Å². The Labute approximate surface area is 177 Å². The van der Waals surface area contributed by atoms with Crippen LogP contribution in [0.5, 0.6) is 0 Å². The fraction of sp³-hybridized carbons (Fsp3) is 0.391. The largest absolute Gasteiger partial charge is 0.349 e. The number of aryl methyl sites for hydroxylation is 1. The number of amides is 1. The molecule has 1 aliphatic rings. The normalized spacial score (nSPS) is 14.6. The first kappa shape index (κ1) is 20.2. The Balaban J connectivity index is 1.59. The highest BCUT2D eigenvalue weighted by atomic mass is 16.2. The van der Waals surface area contributed by atoms with Gasteiger partial charge in [0.05, 0.1) is 5.69 Å². The van der Waals surface area contributed by atoms with Crippen molar-refractivity contribution in [3.63, 3.8) is 0 Å². The number of likely N-dealkylation sites (tertiary alicyclic amines) is 1. The third kappa shape index (κ3) is 4.57. The molecule has 1 aromatic carbocycles. The summed E-state index contributed by atoms with van der Waals surface area (Å²) in [6, 6.07) is 11.9. The Morgan fingerprint density at radius 2 is 1.90 bits per heavy atom. The molecule has 0 bridgehead atoms. The summed E-state index contributed by atoms with van der Waals surface area (Å²) in [7, 11) is 0. The average molecular weight is 405 g/mol. The van der Waals surface area contributed by atoms with Gasteiger partial charge in [-0.1, -0.05) is 30.7 Å². The summed E-state index contributed by atoms with van der Waals surface area (Å²) in [4.78, 5) is 19.5. The van der Waals surface area contributed by atoms with E-state index in [9.17, 15) is 4.79 Å². The molecule has 3 heterocycles. The van der Waals surface area contributed by atoms with E-state index in [-0.39, 0.29) is 5.91 Å². The molecule has 1 amide bonds. The molecule has 3 aromatic rings. The average Bonchev–Trinajstić information content (AvgIpc) is 3.26. The van der Waals surface area contributed by atoms with E-state index in [1.165, 1.54) is 24.8 Å². The molecule has 2 aromatic heterocycles. The second kappa shape index (κ2) is 9.63. The van der Waals surface area contributed by atoms with Gasteiger partial charge in [-0.05, 0) is 62.2 Å². The van der Waals surface area contributed by atoms with E-state index in [0.717, 1.165) is 37.3 Å². The zero-order valence-corrected chi connectivity index (χ0v) is 17.4. The second-order valence-corrected chi connectivity index (χ2v) is 7.62. The molecule has 7 nitrogen and oxygen atoms in total. The van der Waals surface area contributed by atoms with Crippen LogP contribution in [0.1, 0.15) is 42.2 Å². The molecule has 7 heteroatoms. The number of rotatable bonds is 7. The Bertz CT molecular complexity index is 978. The summed E-state index contributed by atoms with van der Waals surface area (Å²) in [5.74, 6) is -0.197. The number of hydrogen-bond acceptors (Lipinski definition) is 5. The molecular formula is C23H28N6O. The van der Waals surface area contributed by atoms with Crippen LogP contribution in [0.4, 0.5) is 0 Å². The summed E-state index contributed by atoms with van der Waals surface area (Å²) in [6.45, 7) is 5.81. The lowest BCUT2D eigenvalue weighted by molar-refractivity contribution is 0.0942. The molecule has 0 unspecified atom stereocenters. The van der Waals surface area contributed by atoms with Gasteiger partial charge < -0.3 is 10.2 Å². The van der Waals surface area contributed by atoms with Gasteiger partial charge in [-0.25, -0.2) is 4.68 Å². The number of hydrogen-bond donors (Lipinski definition) is 1. The summed E-state index contributed by atoms with van der Waals surface area (Å²) >= 11 is 0. The van der Waals surface area contributed by atoms with Crippen LogP contribution < -0.4 is 5.32 Å². The fourth-order valence-corrected chi connectivity index (χ4v) is 3.89. The molecule has 1 aliphatic heterocycles. The number of piperidine rings is 1. The van der Waals surface area contributed by atoms with Crippen LogP contribution >= 0.6 is 0 Å². The van der Waals surface area contributed by atoms with Crippen molar-refractivity contribution in [3.05, 3.63) is 60.0 Å². The predicted octanol–water partition coefficient (Wildman–Crippen LogP) is 3.11.